The van der Waals surface area contributed by atoms with Gasteiger partial charge in [0, 0.05) is 11.1 Å². The Morgan fingerprint density at radius 2 is 1.89 bits per heavy atom. The van der Waals surface area contributed by atoms with E-state index in [0.29, 0.717) is 22.0 Å². The largest absolute Gasteiger partial charge is 0.508 e. The van der Waals surface area contributed by atoms with E-state index in [9.17, 15) is 14.7 Å². The lowest BCUT2D eigenvalue weighted by Crippen LogP contribution is -2.44. The Bertz CT molecular complexity index is 973. The molecule has 9 heteroatoms. The SMILES string of the molecule is COc1cccc(/C=C2\SC(=S)N(NC(=O)c3ccc(O)cc3)C2=O)c1OC. The molecule has 1 aliphatic heterocycles. The predicted octanol–water partition coefficient (Wildman–Crippen LogP) is 2.96. The lowest BCUT2D eigenvalue weighted by molar-refractivity contribution is -0.123. The predicted molar refractivity (Wildman–Crippen MR) is 110 cm³/mol. The number of amides is 2. The first kappa shape index (κ1) is 19.7. The average molecular weight is 416 g/mol. The molecule has 0 spiro atoms. The van der Waals surface area contributed by atoms with Crippen LogP contribution in [0.5, 0.6) is 17.2 Å². The fourth-order valence-electron chi connectivity index (χ4n) is 2.51. The Morgan fingerprint density at radius 1 is 1.18 bits per heavy atom. The van der Waals surface area contributed by atoms with Crippen LogP contribution in [0.3, 0.4) is 0 Å². The van der Waals surface area contributed by atoms with Gasteiger partial charge in [-0.1, -0.05) is 23.9 Å². The zero-order valence-corrected chi connectivity index (χ0v) is 16.6. The van der Waals surface area contributed by atoms with Crippen LogP contribution in [0.1, 0.15) is 15.9 Å². The van der Waals surface area contributed by atoms with Crippen LogP contribution in [0.15, 0.2) is 47.4 Å². The van der Waals surface area contributed by atoms with Gasteiger partial charge in [0.2, 0.25) is 0 Å². The van der Waals surface area contributed by atoms with Crippen molar-refractivity contribution in [3.63, 3.8) is 0 Å². The molecule has 1 heterocycles. The van der Waals surface area contributed by atoms with Gasteiger partial charge in [-0.3, -0.25) is 15.0 Å². The number of hydrogen-bond donors (Lipinski definition) is 2. The Hall–Kier alpha value is -3.04. The van der Waals surface area contributed by atoms with E-state index in [4.69, 9.17) is 21.7 Å². The molecule has 2 aromatic rings. The molecular formula is C19H16N2O5S2. The molecule has 2 N–H and O–H groups in total. The number of nitrogens with zero attached hydrogens (tertiary/aromatic N) is 1. The molecule has 2 amide bonds. The first-order chi connectivity index (χ1) is 13.4. The van der Waals surface area contributed by atoms with Crippen LogP contribution in [-0.2, 0) is 4.79 Å². The van der Waals surface area contributed by atoms with E-state index in [1.54, 1.807) is 24.3 Å². The highest BCUT2D eigenvalue weighted by atomic mass is 32.2. The maximum Gasteiger partial charge on any atom is 0.285 e. The van der Waals surface area contributed by atoms with E-state index in [-0.39, 0.29) is 15.6 Å². The first-order valence-corrected chi connectivity index (χ1v) is 9.26. The number of phenols is 1. The standard InChI is InChI=1S/C19H16N2O5S2/c1-25-14-5-3-4-12(16(14)26-2)10-15-18(24)21(19(27)28-15)20-17(23)11-6-8-13(22)9-7-11/h3-10,22H,1-2H3,(H,20,23)/b15-10-. The number of thiocarbonyl (C=S) groups is 1. The van der Waals surface area contributed by atoms with Crippen molar-refractivity contribution in [3.8, 4) is 17.2 Å². The van der Waals surface area contributed by atoms with Crippen LogP contribution < -0.4 is 14.9 Å². The lowest BCUT2D eigenvalue weighted by atomic mass is 10.1. The average Bonchev–Trinajstić information content (AvgIpc) is 2.95. The molecule has 0 saturated carbocycles. The van der Waals surface area contributed by atoms with Crippen molar-refractivity contribution in [2.75, 3.05) is 14.2 Å². The number of carbonyl (C=O) groups excluding carboxylic acids is 2. The summed E-state index contributed by atoms with van der Waals surface area (Å²) in [6.07, 6.45) is 1.63. The molecule has 0 atom stereocenters. The molecular weight excluding hydrogens is 400 g/mol. The Morgan fingerprint density at radius 3 is 2.54 bits per heavy atom. The van der Waals surface area contributed by atoms with Gasteiger partial charge in [-0.25, -0.2) is 0 Å². The van der Waals surface area contributed by atoms with Crippen LogP contribution in [0, 0.1) is 0 Å². The number of carbonyl (C=O) groups is 2. The third-order valence-electron chi connectivity index (χ3n) is 3.86. The molecule has 144 valence electrons. The molecule has 7 nitrogen and oxygen atoms in total. The maximum atomic E-state index is 12.7. The van der Waals surface area contributed by atoms with Crippen molar-refractivity contribution >= 4 is 46.2 Å². The second-order valence-electron chi connectivity index (χ2n) is 5.59. The summed E-state index contributed by atoms with van der Waals surface area (Å²) in [4.78, 5) is 25.4. The van der Waals surface area contributed by atoms with E-state index >= 15 is 0 Å². The van der Waals surface area contributed by atoms with Gasteiger partial charge < -0.3 is 14.6 Å². The molecule has 0 bridgehead atoms. The highest BCUT2D eigenvalue weighted by Crippen LogP contribution is 2.36. The molecule has 0 aromatic heterocycles. The smallest absolute Gasteiger partial charge is 0.285 e. The van der Waals surface area contributed by atoms with Crippen molar-refractivity contribution in [3.05, 3.63) is 58.5 Å². The van der Waals surface area contributed by atoms with Crippen molar-refractivity contribution < 1.29 is 24.2 Å². The minimum atomic E-state index is -0.517. The van der Waals surface area contributed by atoms with E-state index in [1.807, 2.05) is 0 Å². The van der Waals surface area contributed by atoms with Crippen LogP contribution in [0.4, 0.5) is 0 Å². The minimum Gasteiger partial charge on any atom is -0.508 e. The number of hydrogen-bond acceptors (Lipinski definition) is 7. The first-order valence-electron chi connectivity index (χ1n) is 8.03. The zero-order chi connectivity index (χ0) is 20.3. The number of rotatable bonds is 5. The number of phenolic OH excluding ortho intramolecular Hbond substituents is 1. The molecule has 2 aromatic carbocycles. The molecule has 0 aliphatic carbocycles. The summed E-state index contributed by atoms with van der Waals surface area (Å²) in [7, 11) is 3.04. The topological polar surface area (TPSA) is 88.1 Å². The highest BCUT2D eigenvalue weighted by molar-refractivity contribution is 8.26. The molecule has 0 unspecified atom stereocenters. The number of benzene rings is 2. The fraction of sp³-hybridized carbons (Fsp3) is 0.105. The summed E-state index contributed by atoms with van der Waals surface area (Å²) < 4.78 is 10.8. The molecule has 1 aliphatic rings. The van der Waals surface area contributed by atoms with E-state index in [0.717, 1.165) is 16.8 Å². The van der Waals surface area contributed by atoms with Crippen molar-refractivity contribution in [2.45, 2.75) is 0 Å². The molecule has 1 fully saturated rings. The summed E-state index contributed by atoms with van der Waals surface area (Å²) in [5.41, 5.74) is 3.41. The summed E-state index contributed by atoms with van der Waals surface area (Å²) in [6.45, 7) is 0. The number of thioether (sulfide) groups is 1. The van der Waals surface area contributed by atoms with Crippen LogP contribution in [0.2, 0.25) is 0 Å². The normalized spacial score (nSPS) is 15.1. The number of para-hydroxylation sites is 1. The summed E-state index contributed by atoms with van der Waals surface area (Å²) in [5.74, 6) is 0.0941. The molecule has 3 rings (SSSR count). The number of nitrogens with one attached hydrogen (secondary N) is 1. The summed E-state index contributed by atoms with van der Waals surface area (Å²) >= 11 is 6.29. The minimum absolute atomic E-state index is 0.0392. The Labute approximate surface area is 170 Å². The Balaban J connectivity index is 1.83. The van der Waals surface area contributed by atoms with Gasteiger partial charge in [-0.05, 0) is 48.6 Å². The second kappa shape index (κ2) is 8.32. The maximum absolute atomic E-state index is 12.7. The van der Waals surface area contributed by atoms with Gasteiger partial charge >= 0.3 is 0 Å². The Kier molecular flexibility index (Phi) is 5.86. The number of methoxy groups -OCH3 is 2. The van der Waals surface area contributed by atoms with Crippen LogP contribution in [0.25, 0.3) is 6.08 Å². The van der Waals surface area contributed by atoms with Crippen molar-refractivity contribution in [1.29, 1.82) is 0 Å². The second-order valence-corrected chi connectivity index (χ2v) is 7.26. The lowest BCUT2D eigenvalue weighted by Gasteiger charge is -2.15. The molecule has 28 heavy (non-hydrogen) atoms. The monoisotopic (exact) mass is 416 g/mol. The van der Waals surface area contributed by atoms with Gasteiger partial charge in [0.25, 0.3) is 11.8 Å². The number of aromatic hydroxyl groups is 1. The molecule has 1 saturated heterocycles. The van der Waals surface area contributed by atoms with Gasteiger partial charge in [0.15, 0.2) is 15.8 Å². The quantitative estimate of drug-likeness (QED) is 0.572. The molecule has 0 radical (unpaired) electrons. The summed E-state index contributed by atoms with van der Waals surface area (Å²) in [5, 5.41) is 10.3. The van der Waals surface area contributed by atoms with Gasteiger partial charge in [-0.2, -0.15) is 5.01 Å². The van der Waals surface area contributed by atoms with Crippen LogP contribution >= 0.6 is 24.0 Å². The third kappa shape index (κ3) is 3.95. The van der Waals surface area contributed by atoms with Crippen molar-refractivity contribution in [1.82, 2.24) is 10.4 Å². The van der Waals surface area contributed by atoms with Crippen molar-refractivity contribution in [2.24, 2.45) is 0 Å². The third-order valence-corrected chi connectivity index (χ3v) is 5.16. The van der Waals surface area contributed by atoms with Gasteiger partial charge in [0.05, 0.1) is 19.1 Å². The van der Waals surface area contributed by atoms with E-state index in [2.05, 4.69) is 5.43 Å². The number of ether oxygens (including phenoxy) is 2. The van der Waals surface area contributed by atoms with Gasteiger partial charge in [-0.15, -0.1) is 0 Å². The van der Waals surface area contributed by atoms with Gasteiger partial charge in [0.1, 0.15) is 5.75 Å². The van der Waals surface area contributed by atoms with Crippen LogP contribution in [-0.4, -0.2) is 40.5 Å². The number of hydrazine groups is 1. The highest BCUT2D eigenvalue weighted by Gasteiger charge is 2.34. The fourth-order valence-corrected chi connectivity index (χ4v) is 3.68. The summed E-state index contributed by atoms with van der Waals surface area (Å²) in [6, 6.07) is 11.0. The van der Waals surface area contributed by atoms with E-state index in [1.165, 1.54) is 38.5 Å². The van der Waals surface area contributed by atoms with E-state index < -0.39 is 11.8 Å². The zero-order valence-electron chi connectivity index (χ0n) is 15.0.